The summed E-state index contributed by atoms with van der Waals surface area (Å²) in [5.74, 6) is 2.09. The van der Waals surface area contributed by atoms with Crippen LogP contribution >= 0.6 is 11.8 Å². The summed E-state index contributed by atoms with van der Waals surface area (Å²) in [6.07, 6.45) is 7.10. The maximum atomic E-state index is 6.00. The Hall–Kier alpha value is 0.310. The second kappa shape index (κ2) is 5.41. The third-order valence-electron chi connectivity index (χ3n) is 3.00. The van der Waals surface area contributed by atoms with Crippen LogP contribution < -0.4 is 5.73 Å². The van der Waals surface area contributed by atoms with E-state index in [-0.39, 0.29) is 5.54 Å². The molecular formula is C12H25NS. The Balaban J connectivity index is 2.24. The monoisotopic (exact) mass is 215 g/mol. The molecule has 0 saturated heterocycles. The van der Waals surface area contributed by atoms with E-state index >= 15 is 0 Å². The van der Waals surface area contributed by atoms with Gasteiger partial charge in [0.2, 0.25) is 0 Å². The molecule has 2 N–H and O–H groups in total. The first-order valence-electron chi connectivity index (χ1n) is 5.91. The molecule has 0 radical (unpaired) electrons. The molecule has 0 aromatic carbocycles. The zero-order valence-corrected chi connectivity index (χ0v) is 10.7. The van der Waals surface area contributed by atoms with Gasteiger partial charge in [-0.25, -0.2) is 0 Å². The number of nitrogens with two attached hydrogens (primary N) is 1. The molecule has 0 amide bonds. The molecule has 2 atom stereocenters. The highest BCUT2D eigenvalue weighted by Crippen LogP contribution is 2.34. The first kappa shape index (κ1) is 12.4. The Labute approximate surface area is 93.2 Å². The third-order valence-corrected chi connectivity index (χ3v) is 4.81. The van der Waals surface area contributed by atoms with Crippen LogP contribution in [0, 0.1) is 5.92 Å². The minimum Gasteiger partial charge on any atom is -0.325 e. The summed E-state index contributed by atoms with van der Waals surface area (Å²) in [5.41, 5.74) is 6.00. The molecule has 2 unspecified atom stereocenters. The lowest BCUT2D eigenvalue weighted by Gasteiger charge is -2.30. The lowest BCUT2D eigenvalue weighted by atomic mass is 9.87. The van der Waals surface area contributed by atoms with Gasteiger partial charge < -0.3 is 5.73 Å². The van der Waals surface area contributed by atoms with E-state index in [2.05, 4.69) is 32.5 Å². The zero-order chi connectivity index (χ0) is 10.6. The van der Waals surface area contributed by atoms with Crippen molar-refractivity contribution in [3.63, 3.8) is 0 Å². The molecule has 2 heteroatoms. The van der Waals surface area contributed by atoms with Gasteiger partial charge in [0.25, 0.3) is 0 Å². The van der Waals surface area contributed by atoms with Gasteiger partial charge in [0.05, 0.1) is 0 Å². The van der Waals surface area contributed by atoms with Crippen LogP contribution in [0.3, 0.4) is 0 Å². The number of hydrogen-bond donors (Lipinski definition) is 1. The molecule has 84 valence electrons. The van der Waals surface area contributed by atoms with Gasteiger partial charge in [-0.2, -0.15) is 11.8 Å². The van der Waals surface area contributed by atoms with Crippen LogP contribution in [0.4, 0.5) is 0 Å². The topological polar surface area (TPSA) is 26.0 Å². The van der Waals surface area contributed by atoms with Gasteiger partial charge in [-0.15, -0.1) is 0 Å². The van der Waals surface area contributed by atoms with Gasteiger partial charge in [-0.1, -0.05) is 26.2 Å². The molecule has 1 saturated carbocycles. The average molecular weight is 215 g/mol. The van der Waals surface area contributed by atoms with E-state index in [1.54, 1.807) is 0 Å². The second-order valence-corrected chi connectivity index (χ2v) is 6.65. The summed E-state index contributed by atoms with van der Waals surface area (Å²) >= 11 is 2.10. The summed E-state index contributed by atoms with van der Waals surface area (Å²) in [6.45, 7) is 6.57. The molecule has 0 aromatic heterocycles. The van der Waals surface area contributed by atoms with Crippen LogP contribution in [0.1, 0.15) is 52.9 Å². The van der Waals surface area contributed by atoms with Gasteiger partial charge in [0, 0.05) is 16.5 Å². The van der Waals surface area contributed by atoms with Crippen molar-refractivity contribution in [2.24, 2.45) is 11.7 Å². The van der Waals surface area contributed by atoms with E-state index in [1.807, 2.05) is 0 Å². The fraction of sp³-hybridized carbons (Fsp3) is 1.00. The van der Waals surface area contributed by atoms with Crippen LogP contribution in [0.25, 0.3) is 0 Å². The van der Waals surface area contributed by atoms with E-state index in [4.69, 9.17) is 5.73 Å². The first-order chi connectivity index (χ1) is 6.51. The van der Waals surface area contributed by atoms with E-state index in [9.17, 15) is 0 Å². The summed E-state index contributed by atoms with van der Waals surface area (Å²) in [6, 6.07) is 0. The summed E-state index contributed by atoms with van der Waals surface area (Å²) in [4.78, 5) is 0. The first-order valence-corrected chi connectivity index (χ1v) is 6.96. The molecule has 14 heavy (non-hydrogen) atoms. The van der Waals surface area contributed by atoms with Crippen LogP contribution in [-0.4, -0.2) is 16.5 Å². The highest BCUT2D eigenvalue weighted by atomic mass is 32.2. The lowest BCUT2D eigenvalue weighted by molar-refractivity contribution is 0.357. The van der Waals surface area contributed by atoms with Crippen LogP contribution in [0.5, 0.6) is 0 Å². The predicted octanol–water partition coefficient (Wildman–Crippen LogP) is 3.43. The highest BCUT2D eigenvalue weighted by Gasteiger charge is 2.22. The van der Waals surface area contributed by atoms with Gasteiger partial charge >= 0.3 is 0 Å². The van der Waals surface area contributed by atoms with Crippen molar-refractivity contribution in [1.29, 1.82) is 0 Å². The predicted molar refractivity (Wildman–Crippen MR) is 66.8 cm³/mol. The Morgan fingerprint density at radius 1 is 1.36 bits per heavy atom. The fourth-order valence-electron chi connectivity index (χ4n) is 2.10. The molecule has 1 nitrogen and oxygen atoms in total. The molecule has 1 aliphatic rings. The van der Waals surface area contributed by atoms with Gasteiger partial charge in [0.1, 0.15) is 0 Å². The van der Waals surface area contributed by atoms with Crippen LogP contribution in [0.2, 0.25) is 0 Å². The van der Waals surface area contributed by atoms with Crippen LogP contribution in [-0.2, 0) is 0 Å². The van der Waals surface area contributed by atoms with Gasteiger partial charge in [-0.3, -0.25) is 0 Å². The Kier molecular flexibility index (Phi) is 4.78. The molecule has 1 rings (SSSR count). The second-order valence-electron chi connectivity index (χ2n) is 5.36. The van der Waals surface area contributed by atoms with Crippen molar-refractivity contribution < 1.29 is 0 Å². The molecule has 0 spiro atoms. The Morgan fingerprint density at radius 3 is 2.64 bits per heavy atom. The number of thioether (sulfide) groups is 1. The molecule has 1 aliphatic carbocycles. The molecule has 0 aliphatic heterocycles. The van der Waals surface area contributed by atoms with E-state index in [0.29, 0.717) is 0 Å². The average Bonchev–Trinajstić information content (AvgIpc) is 2.14. The summed E-state index contributed by atoms with van der Waals surface area (Å²) in [7, 11) is 0. The van der Waals surface area contributed by atoms with Crippen molar-refractivity contribution in [1.82, 2.24) is 0 Å². The van der Waals surface area contributed by atoms with Crippen molar-refractivity contribution in [3.8, 4) is 0 Å². The highest BCUT2D eigenvalue weighted by molar-refractivity contribution is 7.99. The standard InChI is InChI=1S/C12H25NS/c1-4-10-6-5-7-11(8-10)14-9-12(2,3)13/h10-11H,4-9,13H2,1-3H3. The van der Waals surface area contributed by atoms with Gasteiger partial charge in [-0.05, 0) is 32.6 Å². The van der Waals surface area contributed by atoms with Crippen molar-refractivity contribution in [3.05, 3.63) is 0 Å². The Morgan fingerprint density at radius 2 is 2.07 bits per heavy atom. The van der Waals surface area contributed by atoms with Crippen molar-refractivity contribution >= 4 is 11.8 Å². The smallest absolute Gasteiger partial charge is 0.0188 e. The molecular weight excluding hydrogens is 190 g/mol. The van der Waals surface area contributed by atoms with Crippen LogP contribution in [0.15, 0.2) is 0 Å². The minimum absolute atomic E-state index is 0.00379. The molecule has 0 aromatic rings. The van der Waals surface area contributed by atoms with E-state index in [0.717, 1.165) is 16.9 Å². The quantitative estimate of drug-likeness (QED) is 0.777. The maximum Gasteiger partial charge on any atom is 0.0188 e. The molecule has 1 fully saturated rings. The Bertz CT molecular complexity index is 162. The van der Waals surface area contributed by atoms with Crippen molar-refractivity contribution in [2.45, 2.75) is 63.7 Å². The number of hydrogen-bond acceptors (Lipinski definition) is 2. The lowest BCUT2D eigenvalue weighted by Crippen LogP contribution is -2.35. The normalized spacial score (nSPS) is 29.1. The SMILES string of the molecule is CCC1CCCC(SCC(C)(C)N)C1. The van der Waals surface area contributed by atoms with Gasteiger partial charge in [0.15, 0.2) is 0 Å². The van der Waals surface area contributed by atoms with Crippen molar-refractivity contribution in [2.75, 3.05) is 5.75 Å². The fourth-order valence-corrected chi connectivity index (χ4v) is 3.50. The zero-order valence-electron chi connectivity index (χ0n) is 9.88. The molecule has 0 bridgehead atoms. The van der Waals surface area contributed by atoms with E-state index < -0.39 is 0 Å². The maximum absolute atomic E-state index is 6.00. The molecule has 0 heterocycles. The largest absolute Gasteiger partial charge is 0.325 e. The minimum atomic E-state index is 0.00379. The third kappa shape index (κ3) is 4.70. The summed E-state index contributed by atoms with van der Waals surface area (Å²) in [5, 5.41) is 0.886. The number of rotatable bonds is 4. The summed E-state index contributed by atoms with van der Waals surface area (Å²) < 4.78 is 0. The van der Waals surface area contributed by atoms with E-state index in [1.165, 1.54) is 32.1 Å².